The van der Waals surface area contributed by atoms with Gasteiger partial charge in [-0.15, -0.1) is 0 Å². The third-order valence-corrected chi connectivity index (χ3v) is 2.45. The maximum atomic E-state index is 10.8. The number of carbonyl (C=O) groups is 1. The molecule has 0 amide bonds. The third kappa shape index (κ3) is 3.55. The number of aromatic hydroxyl groups is 1. The van der Waals surface area contributed by atoms with Crippen molar-refractivity contribution in [3.63, 3.8) is 0 Å². The molecule has 3 N–H and O–H groups in total. The van der Waals surface area contributed by atoms with E-state index in [9.17, 15) is 20.1 Å². The van der Waals surface area contributed by atoms with Crippen molar-refractivity contribution >= 4 is 12.4 Å². The summed E-state index contributed by atoms with van der Waals surface area (Å²) in [5.74, 6) is -0.115. The summed E-state index contributed by atoms with van der Waals surface area (Å²) in [5.41, 5.74) is 0.637. The largest absolute Gasteiger partial charge is 0.507 e. The van der Waals surface area contributed by atoms with Crippen LogP contribution >= 0.6 is 0 Å². The first-order chi connectivity index (χ1) is 8.60. The van der Waals surface area contributed by atoms with Crippen LogP contribution in [0.4, 0.5) is 0 Å². The van der Waals surface area contributed by atoms with Gasteiger partial charge in [-0.1, -0.05) is 36.4 Å². The van der Waals surface area contributed by atoms with E-state index in [4.69, 9.17) is 0 Å². The highest BCUT2D eigenvalue weighted by Gasteiger charge is 2.09. The fraction of sp³-hybridized carbons (Fsp3) is 0.214. The Bertz CT molecular complexity index is 463. The second kappa shape index (κ2) is 6.74. The van der Waals surface area contributed by atoms with Crippen LogP contribution in [0.2, 0.25) is 0 Å². The fourth-order valence-electron chi connectivity index (χ4n) is 1.47. The number of hydrogen-bond donors (Lipinski definition) is 3. The molecule has 0 saturated carbocycles. The van der Waals surface area contributed by atoms with Crippen molar-refractivity contribution in [3.8, 4) is 5.75 Å². The molecule has 1 aromatic carbocycles. The summed E-state index contributed by atoms with van der Waals surface area (Å²) in [6.45, 7) is 1.74. The van der Waals surface area contributed by atoms with E-state index in [-0.39, 0.29) is 11.3 Å². The van der Waals surface area contributed by atoms with Crippen LogP contribution in [-0.2, 0) is 0 Å². The summed E-state index contributed by atoms with van der Waals surface area (Å²) in [5, 5.41) is 28.5. The Labute approximate surface area is 106 Å². The molecule has 0 fully saturated rings. The summed E-state index contributed by atoms with van der Waals surface area (Å²) < 4.78 is 0. The Kier molecular flexibility index (Phi) is 5.30. The van der Waals surface area contributed by atoms with Gasteiger partial charge in [-0.05, 0) is 18.6 Å². The third-order valence-electron chi connectivity index (χ3n) is 2.45. The molecule has 18 heavy (non-hydrogen) atoms. The molecule has 2 atom stereocenters. The topological polar surface area (TPSA) is 77.8 Å². The van der Waals surface area contributed by atoms with Crippen LogP contribution in [0, 0.1) is 0 Å². The zero-order chi connectivity index (χ0) is 13.5. The number of phenolic OH excluding ortho intramolecular Hbond substituents is 1. The molecule has 4 heteroatoms. The molecule has 0 aliphatic rings. The minimum atomic E-state index is -1.07. The molecule has 96 valence electrons. The molecule has 1 aromatic rings. The quantitative estimate of drug-likeness (QED) is 0.545. The van der Waals surface area contributed by atoms with E-state index < -0.39 is 12.2 Å². The van der Waals surface area contributed by atoms with Crippen molar-refractivity contribution in [1.29, 1.82) is 0 Å². The number of phenols is 1. The Morgan fingerprint density at radius 2 is 1.83 bits per heavy atom. The van der Waals surface area contributed by atoms with Crippen LogP contribution in [0.3, 0.4) is 0 Å². The van der Waals surface area contributed by atoms with E-state index in [0.29, 0.717) is 11.8 Å². The van der Waals surface area contributed by atoms with Crippen molar-refractivity contribution in [2.75, 3.05) is 0 Å². The lowest BCUT2D eigenvalue weighted by Crippen LogP contribution is -2.20. The Morgan fingerprint density at radius 3 is 2.44 bits per heavy atom. The molecule has 0 aromatic heterocycles. The van der Waals surface area contributed by atoms with Crippen molar-refractivity contribution in [3.05, 3.63) is 47.6 Å². The van der Waals surface area contributed by atoms with Crippen LogP contribution in [0.25, 0.3) is 6.08 Å². The van der Waals surface area contributed by atoms with Crippen LogP contribution in [0.15, 0.2) is 36.4 Å². The van der Waals surface area contributed by atoms with E-state index in [1.807, 2.05) is 0 Å². The SMILES string of the molecule is CC=C[C@H](O)[C@H](O)C=Cc1cccc(O)c1C=O. The molecule has 0 spiro atoms. The van der Waals surface area contributed by atoms with Gasteiger partial charge in [-0.2, -0.15) is 0 Å². The molecule has 0 aliphatic heterocycles. The first-order valence-electron chi connectivity index (χ1n) is 5.54. The zero-order valence-corrected chi connectivity index (χ0v) is 10.0. The number of benzene rings is 1. The molecule has 0 radical (unpaired) electrons. The van der Waals surface area contributed by atoms with Crippen molar-refractivity contribution < 1.29 is 20.1 Å². The Hall–Kier alpha value is -1.91. The second-order valence-corrected chi connectivity index (χ2v) is 3.76. The van der Waals surface area contributed by atoms with E-state index in [2.05, 4.69) is 0 Å². The molecule has 0 bridgehead atoms. The van der Waals surface area contributed by atoms with Gasteiger partial charge in [0.2, 0.25) is 0 Å². The van der Waals surface area contributed by atoms with Gasteiger partial charge in [0, 0.05) is 0 Å². The molecule has 0 aliphatic carbocycles. The first-order valence-corrected chi connectivity index (χ1v) is 5.54. The van der Waals surface area contributed by atoms with E-state index in [1.54, 1.807) is 25.1 Å². The highest BCUT2D eigenvalue weighted by atomic mass is 16.3. The molecule has 1 rings (SSSR count). The fourth-order valence-corrected chi connectivity index (χ4v) is 1.47. The number of rotatable bonds is 5. The lowest BCUT2D eigenvalue weighted by atomic mass is 10.1. The summed E-state index contributed by atoms with van der Waals surface area (Å²) >= 11 is 0. The average molecular weight is 248 g/mol. The first kappa shape index (κ1) is 14.2. The number of aldehydes is 1. The predicted molar refractivity (Wildman–Crippen MR) is 69.4 cm³/mol. The van der Waals surface area contributed by atoms with Crippen LogP contribution in [0.5, 0.6) is 5.75 Å². The summed E-state index contributed by atoms with van der Waals surface area (Å²) in [6.07, 6.45) is 4.42. The average Bonchev–Trinajstić information content (AvgIpc) is 2.36. The van der Waals surface area contributed by atoms with Crippen LogP contribution < -0.4 is 0 Å². The molecule has 0 saturated heterocycles. The van der Waals surface area contributed by atoms with Gasteiger partial charge in [0.25, 0.3) is 0 Å². The highest BCUT2D eigenvalue weighted by Crippen LogP contribution is 2.20. The van der Waals surface area contributed by atoms with Gasteiger partial charge in [-0.25, -0.2) is 0 Å². The Balaban J connectivity index is 2.91. The molecule has 0 unspecified atom stereocenters. The normalized spacial score (nSPS) is 15.1. The van der Waals surface area contributed by atoms with E-state index in [0.717, 1.165) is 0 Å². The molecular formula is C14H16O4. The van der Waals surface area contributed by atoms with Gasteiger partial charge in [0.15, 0.2) is 6.29 Å². The number of hydrogen-bond acceptors (Lipinski definition) is 4. The summed E-state index contributed by atoms with van der Waals surface area (Å²) in [4.78, 5) is 10.8. The van der Waals surface area contributed by atoms with E-state index in [1.165, 1.54) is 24.3 Å². The minimum Gasteiger partial charge on any atom is -0.507 e. The lowest BCUT2D eigenvalue weighted by Gasteiger charge is -2.10. The smallest absolute Gasteiger partial charge is 0.154 e. The van der Waals surface area contributed by atoms with Crippen molar-refractivity contribution in [2.45, 2.75) is 19.1 Å². The highest BCUT2D eigenvalue weighted by molar-refractivity contribution is 5.85. The lowest BCUT2D eigenvalue weighted by molar-refractivity contribution is 0.0813. The molecular weight excluding hydrogens is 232 g/mol. The number of carbonyl (C=O) groups excluding carboxylic acids is 1. The van der Waals surface area contributed by atoms with Crippen LogP contribution in [-0.4, -0.2) is 33.8 Å². The van der Waals surface area contributed by atoms with Gasteiger partial charge in [0.1, 0.15) is 18.0 Å². The van der Waals surface area contributed by atoms with Gasteiger partial charge >= 0.3 is 0 Å². The predicted octanol–water partition coefficient (Wildman–Crippen LogP) is 1.52. The van der Waals surface area contributed by atoms with Crippen molar-refractivity contribution in [1.82, 2.24) is 0 Å². The second-order valence-electron chi connectivity index (χ2n) is 3.76. The standard InChI is InChI=1S/C14H16O4/c1-2-4-13(17)14(18)8-7-10-5-3-6-12(16)11(10)9-15/h2-9,13-14,16-18H,1H3/t13-,14+/m0/s1. The molecule has 0 heterocycles. The maximum Gasteiger partial charge on any atom is 0.154 e. The van der Waals surface area contributed by atoms with Gasteiger partial charge < -0.3 is 15.3 Å². The van der Waals surface area contributed by atoms with Gasteiger partial charge in [0.05, 0.1) is 5.56 Å². The minimum absolute atomic E-state index is 0.115. The van der Waals surface area contributed by atoms with Crippen molar-refractivity contribution in [2.24, 2.45) is 0 Å². The number of aliphatic hydroxyl groups is 2. The zero-order valence-electron chi connectivity index (χ0n) is 10.0. The number of aliphatic hydroxyl groups excluding tert-OH is 2. The Morgan fingerprint density at radius 1 is 1.17 bits per heavy atom. The monoisotopic (exact) mass is 248 g/mol. The molecule has 4 nitrogen and oxygen atoms in total. The maximum absolute atomic E-state index is 10.8. The number of allylic oxidation sites excluding steroid dienone is 1. The summed E-state index contributed by atoms with van der Waals surface area (Å²) in [6, 6.07) is 4.64. The van der Waals surface area contributed by atoms with Crippen LogP contribution in [0.1, 0.15) is 22.8 Å². The van der Waals surface area contributed by atoms with E-state index >= 15 is 0 Å². The summed E-state index contributed by atoms with van der Waals surface area (Å²) in [7, 11) is 0. The van der Waals surface area contributed by atoms with Gasteiger partial charge in [-0.3, -0.25) is 4.79 Å².